The summed E-state index contributed by atoms with van der Waals surface area (Å²) in [6, 6.07) is 7.38. The van der Waals surface area contributed by atoms with Crippen LogP contribution < -0.4 is 5.23 Å². The van der Waals surface area contributed by atoms with Gasteiger partial charge in [0.25, 0.3) is 5.91 Å². The third kappa shape index (κ3) is 1.28. The Bertz CT molecular complexity index is 418. The summed E-state index contributed by atoms with van der Waals surface area (Å²) in [4.78, 5) is 17.9. The largest absolute Gasteiger partial charge is 0.403 e. The lowest BCUT2D eigenvalue weighted by Gasteiger charge is -1.90. The smallest absolute Gasteiger partial charge is 0.274 e. The monoisotopic (exact) mass is 171 g/mol. The van der Waals surface area contributed by atoms with E-state index in [0.717, 1.165) is 11.0 Å². The molecule has 13 heavy (non-hydrogen) atoms. The summed E-state index contributed by atoms with van der Waals surface area (Å²) in [5.74, 6) is -0.195. The van der Waals surface area contributed by atoms with E-state index in [1.54, 1.807) is 0 Å². The van der Waals surface area contributed by atoms with E-state index < -0.39 is 5.91 Å². The number of para-hydroxylation sites is 2. The minimum Gasteiger partial charge on any atom is -0.403 e. The van der Waals surface area contributed by atoms with Gasteiger partial charge in [0.2, 0.25) is 7.98 Å². The van der Waals surface area contributed by atoms with Gasteiger partial charge in [0.15, 0.2) is 5.82 Å². The minimum atomic E-state index is -0.420. The van der Waals surface area contributed by atoms with E-state index in [0.29, 0.717) is 0 Å². The molecule has 2 rings (SSSR count). The fourth-order valence-electron chi connectivity index (χ4n) is 1.13. The average Bonchev–Trinajstić information content (AvgIpc) is 2.59. The van der Waals surface area contributed by atoms with Gasteiger partial charge in [-0.25, -0.2) is 4.98 Å². The van der Waals surface area contributed by atoms with Crippen molar-refractivity contribution in [1.82, 2.24) is 15.2 Å². The molecule has 0 spiro atoms. The van der Waals surface area contributed by atoms with Crippen LogP contribution in [0.4, 0.5) is 0 Å². The standard InChI is InChI=1S/C8H6BN3O/c9-12-8(13)7-10-5-3-1-2-4-6(5)11-7/h1-4H,(H,10,11)(H,12,13). The van der Waals surface area contributed by atoms with Gasteiger partial charge < -0.3 is 10.2 Å². The molecule has 4 nitrogen and oxygen atoms in total. The van der Waals surface area contributed by atoms with Gasteiger partial charge in [0, 0.05) is 0 Å². The molecule has 2 aromatic rings. The lowest BCUT2D eigenvalue weighted by atomic mass is 10.3. The number of carbonyl (C=O) groups excluding carboxylic acids is 1. The number of nitrogens with one attached hydrogen (secondary N) is 2. The number of benzene rings is 1. The van der Waals surface area contributed by atoms with E-state index in [1.165, 1.54) is 0 Å². The summed E-state index contributed by atoms with van der Waals surface area (Å²) in [7, 11) is 4.97. The number of H-pyrrole nitrogens is 1. The molecule has 2 radical (unpaired) electrons. The van der Waals surface area contributed by atoms with Crippen molar-refractivity contribution in [1.29, 1.82) is 0 Å². The van der Waals surface area contributed by atoms with Crippen LogP contribution in [0.5, 0.6) is 0 Å². The first-order valence-corrected chi connectivity index (χ1v) is 3.77. The Labute approximate surface area is 75.8 Å². The molecule has 0 aliphatic heterocycles. The van der Waals surface area contributed by atoms with Gasteiger partial charge in [-0.2, -0.15) is 0 Å². The van der Waals surface area contributed by atoms with Crippen molar-refractivity contribution in [3.05, 3.63) is 30.1 Å². The molecule has 2 N–H and O–H groups in total. The predicted molar refractivity (Wildman–Crippen MR) is 49.3 cm³/mol. The molecule has 0 aliphatic carbocycles. The van der Waals surface area contributed by atoms with Gasteiger partial charge in [0.05, 0.1) is 11.0 Å². The number of aromatic amines is 1. The Morgan fingerprint density at radius 3 is 2.92 bits per heavy atom. The number of rotatable bonds is 1. The maximum Gasteiger partial charge on any atom is 0.274 e. The van der Waals surface area contributed by atoms with Crippen LogP contribution >= 0.6 is 0 Å². The van der Waals surface area contributed by atoms with Gasteiger partial charge >= 0.3 is 0 Å². The van der Waals surface area contributed by atoms with Crippen molar-refractivity contribution < 1.29 is 4.79 Å². The molecule has 0 unspecified atom stereocenters. The van der Waals surface area contributed by atoms with Crippen LogP contribution in [0.25, 0.3) is 11.0 Å². The molecule has 0 bridgehead atoms. The van der Waals surface area contributed by atoms with Gasteiger partial charge in [-0.3, -0.25) is 4.79 Å². The van der Waals surface area contributed by atoms with E-state index in [9.17, 15) is 4.79 Å². The van der Waals surface area contributed by atoms with E-state index >= 15 is 0 Å². The van der Waals surface area contributed by atoms with Crippen LogP contribution in [0.1, 0.15) is 10.6 Å². The van der Waals surface area contributed by atoms with Crippen molar-refractivity contribution in [2.45, 2.75) is 0 Å². The number of amides is 1. The SMILES string of the molecule is [B]NC(=O)c1nc2ccccc2[nH]1. The Balaban J connectivity index is 2.56. The minimum absolute atomic E-state index is 0.226. The molecule has 5 heteroatoms. The highest BCUT2D eigenvalue weighted by molar-refractivity contribution is 6.17. The number of imidazole rings is 1. The molecule has 1 aromatic carbocycles. The number of aromatic nitrogens is 2. The summed E-state index contributed by atoms with van der Waals surface area (Å²) >= 11 is 0. The highest BCUT2D eigenvalue weighted by atomic mass is 16.1. The molecule has 1 aromatic heterocycles. The number of hydrogen-bond donors (Lipinski definition) is 2. The van der Waals surface area contributed by atoms with Gasteiger partial charge in [-0.15, -0.1) is 0 Å². The van der Waals surface area contributed by atoms with Gasteiger partial charge in [-0.1, -0.05) is 12.1 Å². The molecule has 0 aliphatic rings. The summed E-state index contributed by atoms with van der Waals surface area (Å²) < 4.78 is 0. The molecular weight excluding hydrogens is 165 g/mol. The molecule has 0 saturated carbocycles. The van der Waals surface area contributed by atoms with Crippen molar-refractivity contribution in [3.63, 3.8) is 0 Å². The first-order valence-electron chi connectivity index (χ1n) is 3.77. The maximum atomic E-state index is 11.1. The molecular formula is C8H6BN3O. The fourth-order valence-corrected chi connectivity index (χ4v) is 1.13. The van der Waals surface area contributed by atoms with E-state index in [1.807, 2.05) is 29.5 Å². The summed E-state index contributed by atoms with van der Waals surface area (Å²) in [6.45, 7) is 0. The third-order valence-electron chi connectivity index (χ3n) is 1.74. The van der Waals surface area contributed by atoms with Crippen LogP contribution in [-0.2, 0) is 0 Å². The summed E-state index contributed by atoms with van der Waals surface area (Å²) in [5.41, 5.74) is 1.57. The van der Waals surface area contributed by atoms with Gasteiger partial charge in [0.1, 0.15) is 0 Å². The zero-order valence-electron chi connectivity index (χ0n) is 6.74. The Kier molecular flexibility index (Phi) is 1.77. The molecule has 0 saturated heterocycles. The first kappa shape index (κ1) is 7.85. The lowest BCUT2D eigenvalue weighted by Crippen LogP contribution is -2.20. The number of fused-ring (bicyclic) bond motifs is 1. The van der Waals surface area contributed by atoms with Crippen LogP contribution in [0.3, 0.4) is 0 Å². The Morgan fingerprint density at radius 1 is 1.46 bits per heavy atom. The molecule has 62 valence electrons. The van der Waals surface area contributed by atoms with Crippen molar-refractivity contribution in [2.75, 3.05) is 0 Å². The van der Waals surface area contributed by atoms with Crippen LogP contribution in [0, 0.1) is 0 Å². The Morgan fingerprint density at radius 2 is 2.23 bits per heavy atom. The highest BCUT2D eigenvalue weighted by Gasteiger charge is 2.07. The zero-order valence-corrected chi connectivity index (χ0v) is 6.74. The van der Waals surface area contributed by atoms with E-state index in [2.05, 4.69) is 9.97 Å². The number of carbonyl (C=O) groups is 1. The normalized spacial score (nSPS) is 10.2. The summed E-state index contributed by atoms with van der Waals surface area (Å²) in [6.07, 6.45) is 0. The number of hydrogen-bond acceptors (Lipinski definition) is 2. The van der Waals surface area contributed by atoms with Crippen LogP contribution in [0.2, 0.25) is 0 Å². The highest BCUT2D eigenvalue weighted by Crippen LogP contribution is 2.09. The van der Waals surface area contributed by atoms with Crippen molar-refractivity contribution in [3.8, 4) is 0 Å². The van der Waals surface area contributed by atoms with E-state index in [4.69, 9.17) is 7.98 Å². The average molecular weight is 171 g/mol. The first-order chi connectivity index (χ1) is 6.31. The number of nitrogens with zero attached hydrogens (tertiary/aromatic N) is 1. The zero-order chi connectivity index (χ0) is 9.26. The quantitative estimate of drug-likeness (QED) is 0.609. The Hall–Kier alpha value is -1.78. The van der Waals surface area contributed by atoms with Crippen LogP contribution in [-0.4, -0.2) is 23.9 Å². The fraction of sp³-hybridized carbons (Fsp3) is 0. The maximum absolute atomic E-state index is 11.1. The second kappa shape index (κ2) is 2.93. The summed E-state index contributed by atoms with van der Waals surface area (Å²) in [5, 5.41) is 2.01. The predicted octanol–water partition coefficient (Wildman–Crippen LogP) is 0.376. The topological polar surface area (TPSA) is 57.8 Å². The second-order valence-electron chi connectivity index (χ2n) is 2.58. The second-order valence-corrected chi connectivity index (χ2v) is 2.58. The molecule has 1 amide bonds. The van der Waals surface area contributed by atoms with Crippen molar-refractivity contribution in [2.24, 2.45) is 0 Å². The van der Waals surface area contributed by atoms with Crippen molar-refractivity contribution >= 4 is 24.9 Å². The van der Waals surface area contributed by atoms with Gasteiger partial charge in [-0.05, 0) is 12.1 Å². The third-order valence-corrected chi connectivity index (χ3v) is 1.74. The molecule has 0 atom stereocenters. The van der Waals surface area contributed by atoms with Crippen LogP contribution in [0.15, 0.2) is 24.3 Å². The molecule has 0 fully saturated rings. The lowest BCUT2D eigenvalue weighted by molar-refractivity contribution is 0.0973. The van der Waals surface area contributed by atoms with E-state index in [-0.39, 0.29) is 5.82 Å². The molecule has 1 heterocycles.